The SMILES string of the molecule is CC(Sc1ccccc1)C(=O)Nc1ccc(-c2nccs2)cc1. The van der Waals surface area contributed by atoms with Gasteiger partial charge in [-0.3, -0.25) is 4.79 Å². The quantitative estimate of drug-likeness (QED) is 0.670. The standard InChI is InChI=1S/C18H16N2OS2/c1-13(23-16-5-3-2-4-6-16)17(21)20-15-9-7-14(8-10-15)18-19-11-12-22-18/h2-13H,1H3,(H,20,21). The molecule has 0 radical (unpaired) electrons. The Bertz CT molecular complexity index is 755. The minimum Gasteiger partial charge on any atom is -0.325 e. The molecule has 0 saturated carbocycles. The molecule has 116 valence electrons. The van der Waals surface area contributed by atoms with Crippen molar-refractivity contribution in [2.24, 2.45) is 0 Å². The molecule has 0 aliphatic carbocycles. The monoisotopic (exact) mass is 340 g/mol. The molecular formula is C18H16N2OS2. The fourth-order valence-corrected chi connectivity index (χ4v) is 3.60. The van der Waals surface area contributed by atoms with Crippen LogP contribution in [0.2, 0.25) is 0 Å². The molecule has 23 heavy (non-hydrogen) atoms. The van der Waals surface area contributed by atoms with E-state index >= 15 is 0 Å². The maximum atomic E-state index is 12.3. The summed E-state index contributed by atoms with van der Waals surface area (Å²) in [6.45, 7) is 1.91. The summed E-state index contributed by atoms with van der Waals surface area (Å²) in [7, 11) is 0. The van der Waals surface area contributed by atoms with Crippen molar-refractivity contribution >= 4 is 34.7 Å². The molecule has 3 nitrogen and oxygen atoms in total. The molecular weight excluding hydrogens is 324 g/mol. The van der Waals surface area contributed by atoms with E-state index in [1.165, 1.54) is 0 Å². The van der Waals surface area contributed by atoms with Crippen molar-refractivity contribution in [1.82, 2.24) is 4.98 Å². The van der Waals surface area contributed by atoms with Gasteiger partial charge in [-0.15, -0.1) is 23.1 Å². The van der Waals surface area contributed by atoms with E-state index in [2.05, 4.69) is 10.3 Å². The molecule has 1 aromatic heterocycles. The molecule has 2 aromatic carbocycles. The summed E-state index contributed by atoms with van der Waals surface area (Å²) >= 11 is 3.15. The Balaban J connectivity index is 1.61. The van der Waals surface area contributed by atoms with E-state index in [1.807, 2.05) is 66.9 Å². The number of hydrogen-bond acceptors (Lipinski definition) is 4. The van der Waals surface area contributed by atoms with Crippen LogP contribution in [-0.2, 0) is 4.79 Å². The normalized spacial score (nSPS) is 11.9. The van der Waals surface area contributed by atoms with Gasteiger partial charge in [0.15, 0.2) is 0 Å². The number of aromatic nitrogens is 1. The third-order valence-corrected chi connectivity index (χ3v) is 5.19. The third-order valence-electron chi connectivity index (χ3n) is 3.26. The number of carbonyl (C=O) groups excluding carboxylic acids is 1. The highest BCUT2D eigenvalue weighted by Gasteiger charge is 2.14. The zero-order chi connectivity index (χ0) is 16.1. The van der Waals surface area contributed by atoms with Gasteiger partial charge in [0.2, 0.25) is 5.91 Å². The zero-order valence-corrected chi connectivity index (χ0v) is 14.2. The van der Waals surface area contributed by atoms with Crippen LogP contribution in [0.3, 0.4) is 0 Å². The summed E-state index contributed by atoms with van der Waals surface area (Å²) in [4.78, 5) is 17.7. The minimum atomic E-state index is -0.156. The van der Waals surface area contributed by atoms with Crippen LogP contribution in [0.25, 0.3) is 10.6 Å². The fraction of sp³-hybridized carbons (Fsp3) is 0.111. The van der Waals surface area contributed by atoms with E-state index in [9.17, 15) is 4.79 Å². The molecule has 1 N–H and O–H groups in total. The Morgan fingerprint density at radius 1 is 1.13 bits per heavy atom. The topological polar surface area (TPSA) is 42.0 Å². The fourth-order valence-electron chi connectivity index (χ4n) is 2.06. The molecule has 0 fully saturated rings. The van der Waals surface area contributed by atoms with E-state index in [1.54, 1.807) is 29.3 Å². The molecule has 1 atom stereocenters. The number of hydrogen-bond donors (Lipinski definition) is 1. The first-order valence-electron chi connectivity index (χ1n) is 7.25. The van der Waals surface area contributed by atoms with Gasteiger partial charge in [0.1, 0.15) is 5.01 Å². The van der Waals surface area contributed by atoms with Gasteiger partial charge in [-0.1, -0.05) is 18.2 Å². The Morgan fingerprint density at radius 2 is 1.87 bits per heavy atom. The van der Waals surface area contributed by atoms with Crippen LogP contribution in [0.15, 0.2) is 71.1 Å². The summed E-state index contributed by atoms with van der Waals surface area (Å²) < 4.78 is 0. The molecule has 3 rings (SSSR count). The van der Waals surface area contributed by atoms with Gasteiger partial charge in [-0.25, -0.2) is 4.98 Å². The molecule has 5 heteroatoms. The van der Waals surface area contributed by atoms with Crippen molar-refractivity contribution in [1.29, 1.82) is 0 Å². The second kappa shape index (κ2) is 7.44. The number of anilines is 1. The third kappa shape index (κ3) is 4.21. The second-order valence-electron chi connectivity index (χ2n) is 4.98. The Hall–Kier alpha value is -2.11. The number of thioether (sulfide) groups is 1. The van der Waals surface area contributed by atoms with Gasteiger partial charge in [-0.05, 0) is 43.3 Å². The summed E-state index contributed by atoms with van der Waals surface area (Å²) in [5, 5.41) is 5.74. The van der Waals surface area contributed by atoms with Crippen molar-refractivity contribution in [2.45, 2.75) is 17.1 Å². The van der Waals surface area contributed by atoms with E-state index < -0.39 is 0 Å². The highest BCUT2D eigenvalue weighted by Crippen LogP contribution is 2.25. The summed E-state index contributed by atoms with van der Waals surface area (Å²) in [6, 6.07) is 17.7. The van der Waals surface area contributed by atoms with Gasteiger partial charge in [0.05, 0.1) is 5.25 Å². The summed E-state index contributed by atoms with van der Waals surface area (Å²) in [5.41, 5.74) is 1.86. The van der Waals surface area contributed by atoms with Crippen LogP contribution < -0.4 is 5.32 Å². The average Bonchev–Trinajstić information content (AvgIpc) is 3.11. The first-order valence-corrected chi connectivity index (χ1v) is 9.01. The number of benzene rings is 2. The second-order valence-corrected chi connectivity index (χ2v) is 7.29. The Kier molecular flexibility index (Phi) is 5.10. The van der Waals surface area contributed by atoms with Crippen molar-refractivity contribution in [3.63, 3.8) is 0 Å². The lowest BCUT2D eigenvalue weighted by Gasteiger charge is -2.12. The van der Waals surface area contributed by atoms with Gasteiger partial charge in [0, 0.05) is 27.7 Å². The van der Waals surface area contributed by atoms with Crippen LogP contribution in [0.5, 0.6) is 0 Å². The number of nitrogens with one attached hydrogen (secondary N) is 1. The molecule has 0 aliphatic rings. The highest BCUT2D eigenvalue weighted by atomic mass is 32.2. The Labute approximate surface area is 143 Å². The van der Waals surface area contributed by atoms with E-state index in [-0.39, 0.29) is 11.2 Å². The number of thiazole rings is 1. The molecule has 3 aromatic rings. The van der Waals surface area contributed by atoms with E-state index in [4.69, 9.17) is 0 Å². The number of amides is 1. The van der Waals surface area contributed by atoms with Crippen molar-refractivity contribution in [3.05, 3.63) is 66.2 Å². The maximum Gasteiger partial charge on any atom is 0.237 e. The first kappa shape index (κ1) is 15.8. The number of rotatable bonds is 5. The molecule has 0 saturated heterocycles. The largest absolute Gasteiger partial charge is 0.325 e. The van der Waals surface area contributed by atoms with Crippen LogP contribution in [0.4, 0.5) is 5.69 Å². The van der Waals surface area contributed by atoms with Crippen molar-refractivity contribution in [2.75, 3.05) is 5.32 Å². The maximum absolute atomic E-state index is 12.3. The van der Waals surface area contributed by atoms with Crippen LogP contribution in [0, 0.1) is 0 Å². The first-order chi connectivity index (χ1) is 11.2. The minimum absolute atomic E-state index is 0.000789. The molecule has 1 heterocycles. The molecule has 0 bridgehead atoms. The molecule has 0 aliphatic heterocycles. The smallest absolute Gasteiger partial charge is 0.237 e. The average molecular weight is 340 g/mol. The summed E-state index contributed by atoms with van der Waals surface area (Å²) in [6.07, 6.45) is 1.79. The van der Waals surface area contributed by atoms with E-state index in [0.717, 1.165) is 21.2 Å². The lowest BCUT2D eigenvalue weighted by Crippen LogP contribution is -2.22. The lowest BCUT2D eigenvalue weighted by atomic mass is 10.2. The number of nitrogens with zero attached hydrogens (tertiary/aromatic N) is 1. The molecule has 1 unspecified atom stereocenters. The van der Waals surface area contributed by atoms with Gasteiger partial charge in [0.25, 0.3) is 0 Å². The summed E-state index contributed by atoms with van der Waals surface area (Å²) in [5.74, 6) is 0.000789. The van der Waals surface area contributed by atoms with Crippen LogP contribution in [0.1, 0.15) is 6.92 Å². The van der Waals surface area contributed by atoms with Gasteiger partial charge >= 0.3 is 0 Å². The number of carbonyl (C=O) groups is 1. The lowest BCUT2D eigenvalue weighted by molar-refractivity contribution is -0.115. The van der Waals surface area contributed by atoms with Gasteiger partial charge in [-0.2, -0.15) is 0 Å². The van der Waals surface area contributed by atoms with Crippen molar-refractivity contribution < 1.29 is 4.79 Å². The van der Waals surface area contributed by atoms with Crippen LogP contribution in [-0.4, -0.2) is 16.1 Å². The van der Waals surface area contributed by atoms with Crippen LogP contribution >= 0.6 is 23.1 Å². The van der Waals surface area contributed by atoms with Gasteiger partial charge < -0.3 is 5.32 Å². The predicted octanol–water partition coefficient (Wildman–Crippen LogP) is 4.93. The highest BCUT2D eigenvalue weighted by molar-refractivity contribution is 8.00. The molecule has 0 spiro atoms. The van der Waals surface area contributed by atoms with E-state index in [0.29, 0.717) is 0 Å². The zero-order valence-electron chi connectivity index (χ0n) is 12.6. The predicted molar refractivity (Wildman–Crippen MR) is 97.9 cm³/mol. The molecule has 1 amide bonds. The van der Waals surface area contributed by atoms with Crippen molar-refractivity contribution in [3.8, 4) is 10.6 Å². The Morgan fingerprint density at radius 3 is 2.52 bits per heavy atom.